The Hall–Kier alpha value is -0.500. The van der Waals surface area contributed by atoms with Gasteiger partial charge in [-0.2, -0.15) is 17.9 Å². The van der Waals surface area contributed by atoms with E-state index in [1.165, 1.54) is 0 Å². The lowest BCUT2D eigenvalue weighted by Gasteiger charge is -2.21. The Morgan fingerprint density at radius 2 is 2.29 bits per heavy atom. The van der Waals surface area contributed by atoms with E-state index in [9.17, 15) is 0 Å². The lowest BCUT2D eigenvalue weighted by atomic mass is 10.3. The number of methoxy groups -OCH3 is 1. The van der Waals surface area contributed by atoms with Gasteiger partial charge in [-0.25, -0.2) is 0 Å². The van der Waals surface area contributed by atoms with Crippen molar-refractivity contribution in [2.75, 3.05) is 39.1 Å². The van der Waals surface area contributed by atoms with Crippen molar-refractivity contribution in [3.63, 3.8) is 0 Å². The van der Waals surface area contributed by atoms with Crippen molar-refractivity contribution >= 4 is 12.6 Å². The van der Waals surface area contributed by atoms with E-state index in [1.807, 2.05) is 0 Å². The van der Waals surface area contributed by atoms with Gasteiger partial charge >= 0.3 is 0 Å². The maximum absolute atomic E-state index is 8.49. The first-order chi connectivity index (χ1) is 6.74. The number of nitriles is 1. The van der Waals surface area contributed by atoms with E-state index < -0.39 is 0 Å². The van der Waals surface area contributed by atoms with Gasteiger partial charge in [-0.15, -0.1) is 0 Å². The van der Waals surface area contributed by atoms with Crippen LogP contribution in [0.5, 0.6) is 0 Å². The second kappa shape index (κ2) is 9.07. The zero-order chi connectivity index (χ0) is 10.8. The van der Waals surface area contributed by atoms with E-state index in [-0.39, 0.29) is 0 Å². The van der Waals surface area contributed by atoms with Gasteiger partial charge in [-0.05, 0) is 0 Å². The molecule has 0 aliphatic carbocycles. The van der Waals surface area contributed by atoms with Crippen LogP contribution in [0.4, 0.5) is 0 Å². The third-order valence-corrected chi connectivity index (χ3v) is 2.27. The maximum atomic E-state index is 8.49. The van der Waals surface area contributed by atoms with Crippen molar-refractivity contribution in [2.24, 2.45) is 0 Å². The molecule has 0 heterocycles. The molecule has 0 N–H and O–H groups in total. The van der Waals surface area contributed by atoms with Crippen LogP contribution < -0.4 is 0 Å². The summed E-state index contributed by atoms with van der Waals surface area (Å²) in [7, 11) is 1.68. The van der Waals surface area contributed by atoms with Crippen molar-refractivity contribution in [1.82, 2.24) is 4.90 Å². The highest BCUT2D eigenvalue weighted by Crippen LogP contribution is 2.00. The second-order valence-electron chi connectivity index (χ2n) is 3.09. The third-order valence-electron chi connectivity index (χ3n) is 1.82. The molecule has 0 unspecified atom stereocenters. The van der Waals surface area contributed by atoms with E-state index in [1.54, 1.807) is 7.11 Å². The van der Waals surface area contributed by atoms with Gasteiger partial charge in [0.05, 0.1) is 12.7 Å². The molecule has 0 saturated carbocycles. The molecule has 80 valence electrons. The Morgan fingerprint density at radius 1 is 1.57 bits per heavy atom. The number of thiol groups is 1. The second-order valence-corrected chi connectivity index (χ2v) is 3.40. The average molecular weight is 214 g/mol. The summed E-state index contributed by atoms with van der Waals surface area (Å²) in [5, 5.41) is 8.49. The van der Waals surface area contributed by atoms with E-state index in [2.05, 4.69) is 30.2 Å². The van der Waals surface area contributed by atoms with E-state index in [4.69, 9.17) is 10.00 Å². The maximum Gasteiger partial charge on any atom is 0.0635 e. The van der Waals surface area contributed by atoms with Crippen LogP contribution in [0.3, 0.4) is 0 Å². The molecule has 0 amide bonds. The first-order valence-electron chi connectivity index (χ1n) is 4.60. The highest BCUT2D eigenvalue weighted by molar-refractivity contribution is 7.80. The summed E-state index contributed by atoms with van der Waals surface area (Å²) in [6, 6.07) is 2.13. The van der Waals surface area contributed by atoms with Gasteiger partial charge in [0, 0.05) is 38.9 Å². The molecule has 0 atom stereocenters. The molecular weight excluding hydrogens is 196 g/mol. The average Bonchev–Trinajstić information content (AvgIpc) is 2.21. The normalized spacial score (nSPS) is 10.1. The summed E-state index contributed by atoms with van der Waals surface area (Å²) in [5.74, 6) is 0.691. The largest absolute Gasteiger partial charge is 0.383 e. The molecule has 0 aromatic carbocycles. The fraction of sp³-hybridized carbons (Fsp3) is 0.700. The van der Waals surface area contributed by atoms with Crippen LogP contribution >= 0.6 is 12.6 Å². The van der Waals surface area contributed by atoms with E-state index in [0.29, 0.717) is 18.8 Å². The summed E-state index contributed by atoms with van der Waals surface area (Å²) >= 11 is 4.15. The van der Waals surface area contributed by atoms with Crippen LogP contribution in [0.1, 0.15) is 6.42 Å². The molecule has 0 spiro atoms. The summed E-state index contributed by atoms with van der Waals surface area (Å²) in [6.45, 7) is 6.98. The van der Waals surface area contributed by atoms with Crippen molar-refractivity contribution in [3.8, 4) is 6.07 Å². The van der Waals surface area contributed by atoms with E-state index in [0.717, 1.165) is 25.2 Å². The minimum atomic E-state index is 0.545. The zero-order valence-corrected chi connectivity index (χ0v) is 9.59. The fourth-order valence-corrected chi connectivity index (χ4v) is 1.16. The molecule has 0 bridgehead atoms. The van der Waals surface area contributed by atoms with Gasteiger partial charge in [0.1, 0.15) is 0 Å². The Morgan fingerprint density at radius 3 is 2.79 bits per heavy atom. The summed E-state index contributed by atoms with van der Waals surface area (Å²) in [5.41, 5.74) is 1.07. The molecule has 4 heteroatoms. The Labute approximate surface area is 91.8 Å². The number of hydrogen-bond acceptors (Lipinski definition) is 4. The molecule has 0 radical (unpaired) electrons. The molecule has 0 fully saturated rings. The SMILES string of the molecule is C=C(CS)CN(CCC#N)CCOC. The van der Waals surface area contributed by atoms with Crippen molar-refractivity contribution < 1.29 is 4.74 Å². The number of rotatable bonds is 8. The Balaban J connectivity index is 3.84. The Bertz CT molecular complexity index is 201. The smallest absolute Gasteiger partial charge is 0.0635 e. The predicted octanol–water partition coefficient (Wildman–Crippen LogP) is 1.33. The van der Waals surface area contributed by atoms with Gasteiger partial charge in [0.15, 0.2) is 0 Å². The highest BCUT2D eigenvalue weighted by Gasteiger charge is 2.05. The van der Waals surface area contributed by atoms with Crippen molar-refractivity contribution in [1.29, 1.82) is 5.26 Å². The fourth-order valence-electron chi connectivity index (χ4n) is 1.06. The van der Waals surface area contributed by atoms with Gasteiger partial charge in [0.25, 0.3) is 0 Å². The zero-order valence-electron chi connectivity index (χ0n) is 8.70. The number of ether oxygens (including phenoxy) is 1. The lowest BCUT2D eigenvalue weighted by Crippen LogP contribution is -2.30. The molecule has 14 heavy (non-hydrogen) atoms. The van der Waals surface area contributed by atoms with Gasteiger partial charge in [-0.3, -0.25) is 4.90 Å². The molecule has 0 aromatic rings. The molecule has 0 saturated heterocycles. The minimum Gasteiger partial charge on any atom is -0.383 e. The van der Waals surface area contributed by atoms with Crippen LogP contribution in [-0.2, 0) is 4.74 Å². The van der Waals surface area contributed by atoms with Crippen LogP contribution in [0.2, 0.25) is 0 Å². The first-order valence-corrected chi connectivity index (χ1v) is 5.23. The van der Waals surface area contributed by atoms with Gasteiger partial charge in [-0.1, -0.05) is 12.2 Å². The minimum absolute atomic E-state index is 0.545. The van der Waals surface area contributed by atoms with E-state index >= 15 is 0 Å². The third kappa shape index (κ3) is 6.96. The number of nitrogens with zero attached hydrogens (tertiary/aromatic N) is 2. The Kier molecular flexibility index (Phi) is 8.75. The monoisotopic (exact) mass is 214 g/mol. The highest BCUT2D eigenvalue weighted by atomic mass is 32.1. The van der Waals surface area contributed by atoms with Crippen molar-refractivity contribution in [2.45, 2.75) is 6.42 Å². The summed E-state index contributed by atoms with van der Waals surface area (Å²) in [4.78, 5) is 2.16. The molecular formula is C10H18N2OS. The van der Waals surface area contributed by atoms with Crippen LogP contribution in [0, 0.1) is 11.3 Å². The lowest BCUT2D eigenvalue weighted by molar-refractivity contribution is 0.154. The molecule has 3 nitrogen and oxygen atoms in total. The number of hydrogen-bond donors (Lipinski definition) is 1. The van der Waals surface area contributed by atoms with Crippen LogP contribution in [0.25, 0.3) is 0 Å². The molecule has 0 aliphatic rings. The quantitative estimate of drug-likeness (QED) is 0.489. The predicted molar refractivity (Wildman–Crippen MR) is 61.5 cm³/mol. The van der Waals surface area contributed by atoms with Crippen LogP contribution in [-0.4, -0.2) is 44.0 Å². The van der Waals surface area contributed by atoms with Crippen LogP contribution in [0.15, 0.2) is 12.2 Å². The molecule has 0 aromatic heterocycles. The van der Waals surface area contributed by atoms with Gasteiger partial charge in [0.2, 0.25) is 0 Å². The van der Waals surface area contributed by atoms with Crippen molar-refractivity contribution in [3.05, 3.63) is 12.2 Å². The summed E-state index contributed by atoms with van der Waals surface area (Å²) in [6.07, 6.45) is 0.545. The standard InChI is InChI=1S/C10H18N2OS/c1-10(9-14)8-12(5-3-4-11)6-7-13-2/h14H,1,3,5-9H2,2H3. The molecule has 0 rings (SSSR count). The molecule has 0 aliphatic heterocycles. The first kappa shape index (κ1) is 13.5. The summed E-state index contributed by atoms with van der Waals surface area (Å²) < 4.78 is 4.99. The topological polar surface area (TPSA) is 36.3 Å². The van der Waals surface area contributed by atoms with Gasteiger partial charge < -0.3 is 4.74 Å².